The number of carboxylic acids is 1. The Morgan fingerprint density at radius 3 is 2.07 bits per heavy atom. The molecular formula is C22H21N3O3. The van der Waals surface area contributed by atoms with Crippen LogP contribution in [0.15, 0.2) is 53.3 Å². The summed E-state index contributed by atoms with van der Waals surface area (Å²) in [4.78, 5) is 24.8. The van der Waals surface area contributed by atoms with Crippen molar-refractivity contribution in [3.05, 3.63) is 75.6 Å². The minimum atomic E-state index is -1.28. The maximum Gasteiger partial charge on any atom is 0.343 e. The second kappa shape index (κ2) is 6.86. The van der Waals surface area contributed by atoms with E-state index in [0.717, 1.165) is 5.56 Å². The fourth-order valence-electron chi connectivity index (χ4n) is 3.22. The molecule has 0 aliphatic rings. The van der Waals surface area contributed by atoms with E-state index in [1.807, 2.05) is 30.3 Å². The molecule has 0 aliphatic carbocycles. The van der Waals surface area contributed by atoms with E-state index in [0.29, 0.717) is 22.5 Å². The number of hydrogen-bond donors (Lipinski definition) is 1. The predicted octanol–water partition coefficient (Wildman–Crippen LogP) is 3.71. The van der Waals surface area contributed by atoms with Gasteiger partial charge in [0, 0.05) is 12.6 Å². The first-order valence-corrected chi connectivity index (χ1v) is 8.82. The third kappa shape index (κ3) is 3.23. The Kier molecular flexibility index (Phi) is 4.70. The lowest BCUT2D eigenvalue weighted by Crippen LogP contribution is -2.22. The van der Waals surface area contributed by atoms with E-state index < -0.39 is 11.5 Å². The molecule has 1 aromatic heterocycles. The largest absolute Gasteiger partial charge is 0.477 e. The minimum absolute atomic E-state index is 0.0333. The van der Waals surface area contributed by atoms with Crippen molar-refractivity contribution in [2.75, 3.05) is 0 Å². The van der Waals surface area contributed by atoms with Gasteiger partial charge in [0.25, 0.3) is 5.56 Å². The van der Waals surface area contributed by atoms with Gasteiger partial charge in [0.2, 0.25) is 0 Å². The van der Waals surface area contributed by atoms with Gasteiger partial charge < -0.3 is 5.11 Å². The van der Waals surface area contributed by atoms with Crippen molar-refractivity contribution in [2.45, 2.75) is 26.2 Å². The number of benzene rings is 2. The molecular weight excluding hydrogens is 354 g/mol. The molecule has 3 aromatic rings. The van der Waals surface area contributed by atoms with E-state index in [1.165, 1.54) is 4.68 Å². The number of aromatic carboxylic acids is 1. The number of carboxylic acid groups (broad SMARTS) is 1. The lowest BCUT2D eigenvalue weighted by molar-refractivity contribution is 0.0696. The van der Waals surface area contributed by atoms with Gasteiger partial charge in [0.1, 0.15) is 0 Å². The Labute approximate surface area is 162 Å². The maximum atomic E-state index is 12.9. The fraction of sp³-hybridized carbons (Fsp3) is 0.227. The van der Waals surface area contributed by atoms with Gasteiger partial charge in [0.15, 0.2) is 5.56 Å². The standard InChI is InChI=1S/C22H21N3O3/c1-22(2,3)16-9-7-15(8-10-16)19-18(21(27)28)20(26)25(24(19)4)17-11-5-14(13-23)6-12-17/h5-12H,1-4H3,(H,27,28). The van der Waals surface area contributed by atoms with E-state index in [-0.39, 0.29) is 11.0 Å². The van der Waals surface area contributed by atoms with Crippen molar-refractivity contribution in [3.8, 4) is 23.0 Å². The van der Waals surface area contributed by atoms with Crippen LogP contribution in [0.2, 0.25) is 0 Å². The molecule has 28 heavy (non-hydrogen) atoms. The zero-order valence-corrected chi connectivity index (χ0v) is 16.2. The number of nitriles is 1. The number of aromatic nitrogens is 2. The Morgan fingerprint density at radius 2 is 1.61 bits per heavy atom. The molecule has 1 N–H and O–H groups in total. The van der Waals surface area contributed by atoms with Crippen molar-refractivity contribution in [3.63, 3.8) is 0 Å². The summed E-state index contributed by atoms with van der Waals surface area (Å²) in [5.74, 6) is -1.28. The summed E-state index contributed by atoms with van der Waals surface area (Å²) in [6, 6.07) is 16.0. The lowest BCUT2D eigenvalue weighted by atomic mass is 9.86. The molecule has 1 heterocycles. The highest BCUT2D eigenvalue weighted by Crippen LogP contribution is 2.28. The third-order valence-electron chi connectivity index (χ3n) is 4.75. The molecule has 142 valence electrons. The van der Waals surface area contributed by atoms with E-state index in [4.69, 9.17) is 5.26 Å². The summed E-state index contributed by atoms with van der Waals surface area (Å²) in [5.41, 5.74) is 2.12. The zero-order chi connectivity index (χ0) is 20.6. The second-order valence-corrected chi connectivity index (χ2v) is 7.66. The van der Waals surface area contributed by atoms with Crippen LogP contribution in [0.3, 0.4) is 0 Å². The first kappa shape index (κ1) is 19.2. The number of nitrogens with zero attached hydrogens (tertiary/aromatic N) is 3. The Balaban J connectivity index is 2.23. The highest BCUT2D eigenvalue weighted by Gasteiger charge is 2.25. The van der Waals surface area contributed by atoms with E-state index in [1.54, 1.807) is 36.0 Å². The predicted molar refractivity (Wildman–Crippen MR) is 107 cm³/mol. The summed E-state index contributed by atoms with van der Waals surface area (Å²) < 4.78 is 2.84. The molecule has 3 rings (SSSR count). The van der Waals surface area contributed by atoms with Crippen LogP contribution < -0.4 is 5.56 Å². The molecule has 0 saturated heterocycles. The first-order valence-electron chi connectivity index (χ1n) is 8.82. The van der Waals surface area contributed by atoms with Gasteiger partial charge >= 0.3 is 5.97 Å². The maximum absolute atomic E-state index is 12.9. The molecule has 0 aliphatic heterocycles. The zero-order valence-electron chi connectivity index (χ0n) is 16.2. The molecule has 0 atom stereocenters. The van der Waals surface area contributed by atoms with Gasteiger partial charge in [-0.25, -0.2) is 9.48 Å². The van der Waals surface area contributed by atoms with Gasteiger partial charge in [0.05, 0.1) is 23.0 Å². The highest BCUT2D eigenvalue weighted by atomic mass is 16.4. The van der Waals surface area contributed by atoms with Crippen LogP contribution in [0.25, 0.3) is 16.9 Å². The monoisotopic (exact) mass is 375 g/mol. The van der Waals surface area contributed by atoms with Crippen molar-refractivity contribution < 1.29 is 9.90 Å². The molecule has 0 radical (unpaired) electrons. The quantitative estimate of drug-likeness (QED) is 0.756. The lowest BCUT2D eigenvalue weighted by Gasteiger charge is -2.19. The minimum Gasteiger partial charge on any atom is -0.477 e. The highest BCUT2D eigenvalue weighted by molar-refractivity contribution is 5.95. The Hall–Kier alpha value is -3.59. The summed E-state index contributed by atoms with van der Waals surface area (Å²) in [6.07, 6.45) is 0. The van der Waals surface area contributed by atoms with Crippen molar-refractivity contribution >= 4 is 5.97 Å². The molecule has 0 fully saturated rings. The number of carbonyl (C=O) groups is 1. The number of hydrogen-bond acceptors (Lipinski definition) is 3. The smallest absolute Gasteiger partial charge is 0.343 e. The molecule has 2 aromatic carbocycles. The molecule has 0 unspecified atom stereocenters. The van der Waals surface area contributed by atoms with Crippen molar-refractivity contribution in [1.82, 2.24) is 9.36 Å². The van der Waals surface area contributed by atoms with Gasteiger partial charge in [-0.05, 0) is 35.2 Å². The van der Waals surface area contributed by atoms with Crippen LogP contribution in [0.4, 0.5) is 0 Å². The van der Waals surface area contributed by atoms with Crippen LogP contribution >= 0.6 is 0 Å². The van der Waals surface area contributed by atoms with E-state index >= 15 is 0 Å². The van der Waals surface area contributed by atoms with Gasteiger partial charge in [-0.2, -0.15) is 5.26 Å². The Morgan fingerprint density at radius 1 is 1.04 bits per heavy atom. The van der Waals surface area contributed by atoms with Gasteiger partial charge in [-0.3, -0.25) is 9.48 Å². The van der Waals surface area contributed by atoms with Crippen LogP contribution in [0.1, 0.15) is 42.3 Å². The molecule has 0 saturated carbocycles. The van der Waals surface area contributed by atoms with Crippen LogP contribution in [-0.4, -0.2) is 20.4 Å². The van der Waals surface area contributed by atoms with Crippen LogP contribution in [-0.2, 0) is 12.5 Å². The van der Waals surface area contributed by atoms with E-state index in [9.17, 15) is 14.7 Å². The summed E-state index contributed by atoms with van der Waals surface area (Å²) in [5, 5.41) is 18.6. The van der Waals surface area contributed by atoms with Gasteiger partial charge in [-0.1, -0.05) is 45.0 Å². The first-order chi connectivity index (χ1) is 13.1. The average Bonchev–Trinajstić information content (AvgIpc) is 2.92. The fourth-order valence-corrected chi connectivity index (χ4v) is 3.22. The summed E-state index contributed by atoms with van der Waals surface area (Å²) >= 11 is 0. The van der Waals surface area contributed by atoms with Gasteiger partial charge in [-0.15, -0.1) is 0 Å². The normalized spacial score (nSPS) is 11.2. The summed E-state index contributed by atoms with van der Waals surface area (Å²) in [6.45, 7) is 6.30. The molecule has 0 spiro atoms. The molecule has 6 heteroatoms. The topological polar surface area (TPSA) is 88.0 Å². The number of rotatable bonds is 3. The van der Waals surface area contributed by atoms with E-state index in [2.05, 4.69) is 20.8 Å². The van der Waals surface area contributed by atoms with Crippen LogP contribution in [0, 0.1) is 11.3 Å². The molecule has 0 amide bonds. The van der Waals surface area contributed by atoms with Crippen molar-refractivity contribution in [1.29, 1.82) is 5.26 Å². The molecule has 0 bridgehead atoms. The van der Waals surface area contributed by atoms with Crippen molar-refractivity contribution in [2.24, 2.45) is 7.05 Å². The SMILES string of the molecule is Cn1c(-c2ccc(C(C)(C)C)cc2)c(C(=O)O)c(=O)n1-c1ccc(C#N)cc1. The second-order valence-electron chi connectivity index (χ2n) is 7.66. The Bertz CT molecular complexity index is 1140. The summed E-state index contributed by atoms with van der Waals surface area (Å²) in [7, 11) is 1.65. The average molecular weight is 375 g/mol. The van der Waals surface area contributed by atoms with Crippen LogP contribution in [0.5, 0.6) is 0 Å². The molecule has 6 nitrogen and oxygen atoms in total. The third-order valence-corrected chi connectivity index (χ3v) is 4.75.